The van der Waals surface area contributed by atoms with Gasteiger partial charge in [-0.15, -0.1) is 0 Å². The van der Waals surface area contributed by atoms with E-state index in [0.717, 1.165) is 5.69 Å². The van der Waals surface area contributed by atoms with Crippen molar-refractivity contribution in [1.82, 2.24) is 9.55 Å². The van der Waals surface area contributed by atoms with E-state index in [1.54, 1.807) is 36.9 Å². The molecule has 1 aromatic heterocycles. The molecule has 0 radical (unpaired) electrons. The van der Waals surface area contributed by atoms with Crippen molar-refractivity contribution in [3.63, 3.8) is 0 Å². The van der Waals surface area contributed by atoms with Gasteiger partial charge in [0.1, 0.15) is 0 Å². The molecular weight excluding hydrogens is 321 g/mol. The molecule has 0 spiro atoms. The number of amides is 1. The highest BCUT2D eigenvalue weighted by molar-refractivity contribution is 6.44. The first-order valence-electron chi connectivity index (χ1n) is 6.49. The fourth-order valence-electron chi connectivity index (χ4n) is 2.07. The molecule has 2 aromatic carbocycles. The third-order valence-corrected chi connectivity index (χ3v) is 3.95. The molecule has 110 valence electrons. The quantitative estimate of drug-likeness (QED) is 0.771. The lowest BCUT2D eigenvalue weighted by molar-refractivity contribution is 0.102. The van der Waals surface area contributed by atoms with Gasteiger partial charge in [0.2, 0.25) is 0 Å². The van der Waals surface area contributed by atoms with Gasteiger partial charge in [-0.3, -0.25) is 4.79 Å². The molecule has 0 fully saturated rings. The summed E-state index contributed by atoms with van der Waals surface area (Å²) < 4.78 is 1.81. The highest BCUT2D eigenvalue weighted by Crippen LogP contribution is 2.27. The highest BCUT2D eigenvalue weighted by atomic mass is 35.5. The van der Waals surface area contributed by atoms with Crippen LogP contribution in [0.25, 0.3) is 5.69 Å². The number of carbonyl (C=O) groups excluding carboxylic acids is 1. The van der Waals surface area contributed by atoms with E-state index in [4.69, 9.17) is 23.2 Å². The summed E-state index contributed by atoms with van der Waals surface area (Å²) in [5.41, 5.74) is 1.79. The molecule has 3 aromatic rings. The zero-order valence-electron chi connectivity index (χ0n) is 11.3. The van der Waals surface area contributed by atoms with Crippen LogP contribution < -0.4 is 5.32 Å². The molecule has 0 bridgehead atoms. The van der Waals surface area contributed by atoms with Crippen molar-refractivity contribution >= 4 is 34.8 Å². The summed E-state index contributed by atoms with van der Waals surface area (Å²) in [5.74, 6) is -0.319. The van der Waals surface area contributed by atoms with Gasteiger partial charge in [0.15, 0.2) is 0 Å². The van der Waals surface area contributed by atoms with Crippen molar-refractivity contribution in [2.75, 3.05) is 5.32 Å². The number of para-hydroxylation sites is 2. The monoisotopic (exact) mass is 331 g/mol. The molecule has 4 nitrogen and oxygen atoms in total. The lowest BCUT2D eigenvalue weighted by atomic mass is 10.2. The molecule has 1 amide bonds. The number of benzene rings is 2. The van der Waals surface area contributed by atoms with Crippen LogP contribution in [0.3, 0.4) is 0 Å². The fourth-order valence-corrected chi connectivity index (χ4v) is 2.46. The number of nitrogens with zero attached hydrogens (tertiary/aromatic N) is 2. The Hall–Kier alpha value is -2.30. The van der Waals surface area contributed by atoms with Gasteiger partial charge >= 0.3 is 0 Å². The lowest BCUT2D eigenvalue weighted by Gasteiger charge is -2.12. The van der Waals surface area contributed by atoms with Gasteiger partial charge in [-0.25, -0.2) is 4.98 Å². The predicted molar refractivity (Wildman–Crippen MR) is 88.0 cm³/mol. The summed E-state index contributed by atoms with van der Waals surface area (Å²) in [6.07, 6.45) is 5.14. The molecule has 0 aliphatic carbocycles. The summed E-state index contributed by atoms with van der Waals surface area (Å²) in [5, 5.41) is 3.43. The molecule has 0 saturated carbocycles. The summed E-state index contributed by atoms with van der Waals surface area (Å²) in [6, 6.07) is 12.4. The lowest BCUT2D eigenvalue weighted by Crippen LogP contribution is -2.14. The fraction of sp³-hybridized carbons (Fsp3) is 0. The third-order valence-electron chi connectivity index (χ3n) is 3.13. The van der Waals surface area contributed by atoms with Crippen LogP contribution in [0.15, 0.2) is 61.2 Å². The van der Waals surface area contributed by atoms with Crippen LogP contribution in [-0.4, -0.2) is 15.5 Å². The molecule has 0 unspecified atom stereocenters. The average Bonchev–Trinajstić information content (AvgIpc) is 3.04. The molecule has 0 aliphatic rings. The molecule has 0 aliphatic heterocycles. The minimum absolute atomic E-state index is 0.238. The molecule has 0 saturated heterocycles. The molecule has 0 atom stereocenters. The number of halogens is 2. The van der Waals surface area contributed by atoms with E-state index in [9.17, 15) is 4.79 Å². The standard InChI is InChI=1S/C16H11Cl2N3O/c17-12-5-3-4-11(15(12)18)16(22)20-13-6-1-2-7-14(13)21-9-8-19-10-21/h1-10H,(H,20,22). The zero-order valence-corrected chi connectivity index (χ0v) is 12.8. The summed E-state index contributed by atoms with van der Waals surface area (Å²) in [7, 11) is 0. The number of imidazole rings is 1. The van der Waals surface area contributed by atoms with E-state index < -0.39 is 0 Å². The van der Waals surface area contributed by atoms with Crippen LogP contribution in [0, 0.1) is 0 Å². The average molecular weight is 332 g/mol. The van der Waals surface area contributed by atoms with E-state index in [2.05, 4.69) is 10.3 Å². The Labute approximate surface area is 137 Å². The normalized spacial score (nSPS) is 10.5. The van der Waals surface area contributed by atoms with Gasteiger partial charge in [-0.1, -0.05) is 41.4 Å². The number of hydrogen-bond donors (Lipinski definition) is 1. The second-order valence-corrected chi connectivity index (χ2v) is 5.33. The number of anilines is 1. The predicted octanol–water partition coefficient (Wildman–Crippen LogP) is 4.43. The van der Waals surface area contributed by atoms with Crippen LogP contribution in [0.2, 0.25) is 10.0 Å². The number of nitrogens with one attached hydrogen (secondary N) is 1. The minimum atomic E-state index is -0.319. The zero-order chi connectivity index (χ0) is 15.5. The van der Waals surface area contributed by atoms with E-state index >= 15 is 0 Å². The first-order chi connectivity index (χ1) is 10.7. The first-order valence-corrected chi connectivity index (χ1v) is 7.25. The topological polar surface area (TPSA) is 46.9 Å². The van der Waals surface area contributed by atoms with Gasteiger partial charge in [0, 0.05) is 12.4 Å². The van der Waals surface area contributed by atoms with Gasteiger partial charge in [-0.2, -0.15) is 0 Å². The summed E-state index contributed by atoms with van der Waals surface area (Å²) in [6.45, 7) is 0. The van der Waals surface area contributed by atoms with Crippen LogP contribution in [0.4, 0.5) is 5.69 Å². The SMILES string of the molecule is O=C(Nc1ccccc1-n1ccnc1)c1cccc(Cl)c1Cl. The van der Waals surface area contributed by atoms with Crippen LogP contribution in [0.5, 0.6) is 0 Å². The maximum absolute atomic E-state index is 12.4. The molecule has 6 heteroatoms. The third kappa shape index (κ3) is 2.84. The second kappa shape index (κ2) is 6.22. The van der Waals surface area contributed by atoms with Crippen molar-refractivity contribution in [2.45, 2.75) is 0 Å². The van der Waals surface area contributed by atoms with Crippen molar-refractivity contribution in [2.24, 2.45) is 0 Å². The van der Waals surface area contributed by atoms with Gasteiger partial charge in [0.05, 0.1) is 33.3 Å². The largest absolute Gasteiger partial charge is 0.320 e. The van der Waals surface area contributed by atoms with E-state index in [-0.39, 0.29) is 10.9 Å². The number of aromatic nitrogens is 2. The van der Waals surface area contributed by atoms with Gasteiger partial charge in [-0.05, 0) is 24.3 Å². The highest BCUT2D eigenvalue weighted by Gasteiger charge is 2.14. The van der Waals surface area contributed by atoms with Crippen LogP contribution in [-0.2, 0) is 0 Å². The summed E-state index contributed by atoms with van der Waals surface area (Å²) >= 11 is 12.0. The molecular formula is C16H11Cl2N3O. The smallest absolute Gasteiger partial charge is 0.257 e. The molecule has 22 heavy (non-hydrogen) atoms. The molecule has 1 heterocycles. The Morgan fingerprint density at radius 3 is 2.68 bits per heavy atom. The maximum atomic E-state index is 12.4. The number of hydrogen-bond acceptors (Lipinski definition) is 2. The Morgan fingerprint density at radius 1 is 1.09 bits per heavy atom. The molecule has 3 rings (SSSR count). The Morgan fingerprint density at radius 2 is 1.91 bits per heavy atom. The van der Waals surface area contributed by atoms with Crippen molar-refractivity contribution in [1.29, 1.82) is 0 Å². The summed E-state index contributed by atoms with van der Waals surface area (Å²) in [4.78, 5) is 16.4. The first kappa shape index (κ1) is 14.6. The number of rotatable bonds is 3. The second-order valence-electron chi connectivity index (χ2n) is 4.54. The Bertz CT molecular complexity index is 816. The van der Waals surface area contributed by atoms with Crippen molar-refractivity contribution < 1.29 is 4.79 Å². The Balaban J connectivity index is 1.94. The van der Waals surface area contributed by atoms with E-state index in [1.165, 1.54) is 0 Å². The molecule has 1 N–H and O–H groups in total. The Kier molecular flexibility index (Phi) is 4.13. The van der Waals surface area contributed by atoms with Crippen molar-refractivity contribution in [3.8, 4) is 5.69 Å². The minimum Gasteiger partial charge on any atom is -0.320 e. The van der Waals surface area contributed by atoms with Gasteiger partial charge in [0.25, 0.3) is 5.91 Å². The van der Waals surface area contributed by atoms with Crippen LogP contribution >= 0.6 is 23.2 Å². The van der Waals surface area contributed by atoms with E-state index in [0.29, 0.717) is 16.3 Å². The van der Waals surface area contributed by atoms with E-state index in [1.807, 2.05) is 28.8 Å². The van der Waals surface area contributed by atoms with Gasteiger partial charge < -0.3 is 9.88 Å². The van der Waals surface area contributed by atoms with Crippen molar-refractivity contribution in [3.05, 3.63) is 76.8 Å². The number of carbonyl (C=O) groups is 1. The van der Waals surface area contributed by atoms with Crippen LogP contribution in [0.1, 0.15) is 10.4 Å². The maximum Gasteiger partial charge on any atom is 0.257 e.